The van der Waals surface area contributed by atoms with Crippen molar-refractivity contribution in [3.05, 3.63) is 12.3 Å². The van der Waals surface area contributed by atoms with Crippen molar-refractivity contribution in [3.8, 4) is 0 Å². The summed E-state index contributed by atoms with van der Waals surface area (Å²) in [6, 6.07) is 1.30. The Kier molecular flexibility index (Phi) is 4.31. The minimum Gasteiger partial charge on any atom is -0.481 e. The molecular weight excluding hydrogens is 212 g/mol. The van der Waals surface area contributed by atoms with Gasteiger partial charge in [-0.2, -0.15) is 5.10 Å². The summed E-state index contributed by atoms with van der Waals surface area (Å²) in [5, 5.41) is 17.4. The number of urea groups is 1. The van der Waals surface area contributed by atoms with Gasteiger partial charge in [-0.05, 0) is 6.42 Å². The molecule has 2 amide bonds. The van der Waals surface area contributed by atoms with Crippen molar-refractivity contribution in [2.75, 3.05) is 11.9 Å². The number of nitrogens with zero attached hydrogens (tertiary/aromatic N) is 2. The number of aromatic nitrogens is 2. The van der Waals surface area contributed by atoms with Crippen LogP contribution in [0.5, 0.6) is 0 Å². The largest absolute Gasteiger partial charge is 0.481 e. The third-order valence-electron chi connectivity index (χ3n) is 1.92. The molecule has 1 rings (SSSR count). The van der Waals surface area contributed by atoms with E-state index in [-0.39, 0.29) is 12.5 Å². The highest BCUT2D eigenvalue weighted by atomic mass is 16.4. The molecule has 0 spiro atoms. The topological polar surface area (TPSA) is 96.3 Å². The average molecular weight is 226 g/mol. The maximum atomic E-state index is 11.3. The first-order valence-corrected chi connectivity index (χ1v) is 4.84. The van der Waals surface area contributed by atoms with Gasteiger partial charge in [0, 0.05) is 26.1 Å². The SMILES string of the molecule is Cn1nccc1NC(=O)NCCCC(=O)O. The van der Waals surface area contributed by atoms with Gasteiger partial charge in [0.05, 0.1) is 6.20 Å². The Labute approximate surface area is 92.4 Å². The van der Waals surface area contributed by atoms with Gasteiger partial charge >= 0.3 is 12.0 Å². The standard InChI is InChI=1S/C9H14N4O3/c1-13-7(4-6-11-13)12-9(16)10-5-2-3-8(14)15/h4,6H,2-3,5H2,1H3,(H,14,15)(H2,10,12,16). The van der Waals surface area contributed by atoms with Crippen LogP contribution in [-0.2, 0) is 11.8 Å². The zero-order valence-electron chi connectivity index (χ0n) is 8.93. The van der Waals surface area contributed by atoms with E-state index in [1.807, 2.05) is 0 Å². The Bertz CT molecular complexity index is 375. The molecular formula is C9H14N4O3. The zero-order valence-corrected chi connectivity index (χ0v) is 8.93. The number of carboxylic acid groups (broad SMARTS) is 1. The summed E-state index contributed by atoms with van der Waals surface area (Å²) in [7, 11) is 1.71. The Morgan fingerprint density at radius 3 is 2.88 bits per heavy atom. The average Bonchev–Trinajstić information content (AvgIpc) is 2.59. The van der Waals surface area contributed by atoms with Crippen LogP contribution >= 0.6 is 0 Å². The van der Waals surface area contributed by atoms with Crippen molar-refractivity contribution in [2.45, 2.75) is 12.8 Å². The maximum absolute atomic E-state index is 11.3. The fraction of sp³-hybridized carbons (Fsp3) is 0.444. The third kappa shape index (κ3) is 3.99. The van der Waals surface area contributed by atoms with E-state index < -0.39 is 5.97 Å². The lowest BCUT2D eigenvalue weighted by atomic mass is 10.3. The summed E-state index contributed by atoms with van der Waals surface area (Å²) >= 11 is 0. The number of amides is 2. The molecule has 0 unspecified atom stereocenters. The molecule has 0 aliphatic rings. The summed E-state index contributed by atoms with van der Waals surface area (Å²) in [4.78, 5) is 21.5. The summed E-state index contributed by atoms with van der Waals surface area (Å²) in [6.07, 6.45) is 2.03. The lowest BCUT2D eigenvalue weighted by Gasteiger charge is -2.06. The molecule has 0 fully saturated rings. The van der Waals surface area contributed by atoms with E-state index in [0.29, 0.717) is 18.8 Å². The number of carboxylic acids is 1. The first kappa shape index (κ1) is 12.0. The summed E-state index contributed by atoms with van der Waals surface area (Å²) in [5.41, 5.74) is 0. The van der Waals surface area contributed by atoms with Crippen molar-refractivity contribution in [3.63, 3.8) is 0 Å². The van der Waals surface area contributed by atoms with Gasteiger partial charge in [0.1, 0.15) is 5.82 Å². The monoisotopic (exact) mass is 226 g/mol. The van der Waals surface area contributed by atoms with E-state index in [1.165, 1.54) is 4.68 Å². The third-order valence-corrected chi connectivity index (χ3v) is 1.92. The molecule has 0 aliphatic heterocycles. The molecule has 1 aromatic heterocycles. The van der Waals surface area contributed by atoms with Crippen molar-refractivity contribution >= 4 is 17.8 Å². The number of carbonyl (C=O) groups excluding carboxylic acids is 1. The van der Waals surface area contributed by atoms with Crippen LogP contribution in [0.1, 0.15) is 12.8 Å². The number of aliphatic carboxylic acids is 1. The fourth-order valence-corrected chi connectivity index (χ4v) is 1.10. The second kappa shape index (κ2) is 5.74. The number of anilines is 1. The molecule has 1 heterocycles. The molecule has 0 aliphatic carbocycles. The number of rotatable bonds is 5. The van der Waals surface area contributed by atoms with E-state index in [9.17, 15) is 9.59 Å². The molecule has 3 N–H and O–H groups in total. The molecule has 0 saturated carbocycles. The van der Waals surface area contributed by atoms with Crippen LogP contribution in [0.25, 0.3) is 0 Å². The summed E-state index contributed by atoms with van der Waals surface area (Å²) in [5.74, 6) is -0.287. The molecule has 0 atom stereocenters. The van der Waals surface area contributed by atoms with Crippen LogP contribution in [0.4, 0.5) is 10.6 Å². The van der Waals surface area contributed by atoms with Crippen LogP contribution < -0.4 is 10.6 Å². The predicted octanol–water partition coefficient (Wildman–Crippen LogP) is 0.406. The minimum atomic E-state index is -0.867. The van der Waals surface area contributed by atoms with Gasteiger partial charge in [0.15, 0.2) is 0 Å². The van der Waals surface area contributed by atoms with Gasteiger partial charge < -0.3 is 10.4 Å². The van der Waals surface area contributed by atoms with Crippen molar-refractivity contribution in [2.24, 2.45) is 7.05 Å². The van der Waals surface area contributed by atoms with Crippen molar-refractivity contribution in [1.82, 2.24) is 15.1 Å². The van der Waals surface area contributed by atoms with Crippen LogP contribution in [0.3, 0.4) is 0 Å². The zero-order chi connectivity index (χ0) is 12.0. The van der Waals surface area contributed by atoms with Gasteiger partial charge in [0.25, 0.3) is 0 Å². The first-order chi connectivity index (χ1) is 7.59. The second-order valence-electron chi connectivity index (χ2n) is 3.22. The Morgan fingerprint density at radius 2 is 2.31 bits per heavy atom. The Hall–Kier alpha value is -2.05. The molecule has 0 aromatic carbocycles. The molecule has 0 radical (unpaired) electrons. The van der Waals surface area contributed by atoms with E-state index in [2.05, 4.69) is 15.7 Å². The van der Waals surface area contributed by atoms with Gasteiger partial charge in [-0.15, -0.1) is 0 Å². The molecule has 1 aromatic rings. The van der Waals surface area contributed by atoms with Crippen LogP contribution in [0.2, 0.25) is 0 Å². The van der Waals surface area contributed by atoms with E-state index in [4.69, 9.17) is 5.11 Å². The van der Waals surface area contributed by atoms with Crippen LogP contribution in [-0.4, -0.2) is 33.4 Å². The lowest BCUT2D eigenvalue weighted by Crippen LogP contribution is -2.30. The fourth-order valence-electron chi connectivity index (χ4n) is 1.10. The summed E-state index contributed by atoms with van der Waals surface area (Å²) < 4.78 is 1.52. The molecule has 88 valence electrons. The highest BCUT2D eigenvalue weighted by Crippen LogP contribution is 2.02. The molecule has 16 heavy (non-hydrogen) atoms. The normalized spacial score (nSPS) is 9.81. The van der Waals surface area contributed by atoms with Crippen LogP contribution in [0.15, 0.2) is 12.3 Å². The van der Waals surface area contributed by atoms with Gasteiger partial charge in [-0.3, -0.25) is 14.8 Å². The van der Waals surface area contributed by atoms with Crippen molar-refractivity contribution in [1.29, 1.82) is 0 Å². The number of hydrogen-bond acceptors (Lipinski definition) is 3. The number of hydrogen-bond donors (Lipinski definition) is 3. The van der Waals surface area contributed by atoms with Gasteiger partial charge in [0.2, 0.25) is 0 Å². The minimum absolute atomic E-state index is 0.0476. The highest BCUT2D eigenvalue weighted by Gasteiger charge is 2.04. The Balaban J connectivity index is 2.21. The highest BCUT2D eigenvalue weighted by molar-refractivity contribution is 5.88. The maximum Gasteiger partial charge on any atom is 0.320 e. The summed E-state index contributed by atoms with van der Waals surface area (Å²) in [6.45, 7) is 0.329. The molecule has 7 nitrogen and oxygen atoms in total. The molecule has 7 heteroatoms. The molecule has 0 saturated heterocycles. The van der Waals surface area contributed by atoms with Gasteiger partial charge in [-0.1, -0.05) is 0 Å². The van der Waals surface area contributed by atoms with E-state index >= 15 is 0 Å². The first-order valence-electron chi connectivity index (χ1n) is 4.84. The predicted molar refractivity (Wildman–Crippen MR) is 57.1 cm³/mol. The van der Waals surface area contributed by atoms with E-state index in [0.717, 1.165) is 0 Å². The lowest BCUT2D eigenvalue weighted by molar-refractivity contribution is -0.137. The van der Waals surface area contributed by atoms with Crippen molar-refractivity contribution < 1.29 is 14.7 Å². The quantitative estimate of drug-likeness (QED) is 0.633. The smallest absolute Gasteiger partial charge is 0.320 e. The van der Waals surface area contributed by atoms with Gasteiger partial charge in [-0.25, -0.2) is 4.79 Å². The number of aryl methyl sites for hydroxylation is 1. The van der Waals surface area contributed by atoms with Crippen LogP contribution in [0, 0.1) is 0 Å². The second-order valence-corrected chi connectivity index (χ2v) is 3.22. The van der Waals surface area contributed by atoms with E-state index in [1.54, 1.807) is 19.3 Å². The number of nitrogens with one attached hydrogen (secondary N) is 2. The number of carbonyl (C=O) groups is 2. The Morgan fingerprint density at radius 1 is 1.56 bits per heavy atom. The molecule has 0 bridgehead atoms.